The summed E-state index contributed by atoms with van der Waals surface area (Å²) >= 11 is 0. The molecule has 1 atom stereocenters. The van der Waals surface area contributed by atoms with Crippen LogP contribution in [-0.2, 0) is 11.2 Å². The summed E-state index contributed by atoms with van der Waals surface area (Å²) < 4.78 is 0. The van der Waals surface area contributed by atoms with Crippen LogP contribution in [0, 0.1) is 12.0 Å². The Morgan fingerprint density at radius 3 is 3.00 bits per heavy atom. The number of hydrogen-bond donors (Lipinski definition) is 1. The average molecular weight is 278 g/mol. The first-order valence-corrected chi connectivity index (χ1v) is 8.03. The van der Waals surface area contributed by atoms with Crippen LogP contribution in [0.1, 0.15) is 42.7 Å². The predicted molar refractivity (Wildman–Crippen MR) is 84.2 cm³/mol. The lowest BCUT2D eigenvalue weighted by molar-refractivity contribution is -0.122. The number of carbonyl (C=O) groups excluding carboxylic acids is 1. The molecule has 2 aromatic carbocycles. The summed E-state index contributed by atoms with van der Waals surface area (Å²) in [6.07, 6.45) is 5.49. The van der Waals surface area contributed by atoms with Crippen LogP contribution < -0.4 is 5.32 Å². The molecule has 1 radical (unpaired) electrons. The second kappa shape index (κ2) is 5.18. The van der Waals surface area contributed by atoms with Gasteiger partial charge in [0, 0.05) is 12.5 Å². The second-order valence-electron chi connectivity index (χ2n) is 6.36. The molecule has 2 aliphatic carbocycles. The second-order valence-corrected chi connectivity index (χ2v) is 6.36. The molecule has 1 amide bonds. The number of carbonyl (C=O) groups is 1. The summed E-state index contributed by atoms with van der Waals surface area (Å²) in [6.45, 7) is 0.808. The van der Waals surface area contributed by atoms with E-state index < -0.39 is 0 Å². The van der Waals surface area contributed by atoms with E-state index in [0.717, 1.165) is 32.2 Å². The quantitative estimate of drug-likeness (QED) is 0.910. The minimum absolute atomic E-state index is 0.262. The standard InChI is InChI=1S/C19H20NO/c21-19(16-9-10-16)20-12-11-13-7-8-15-4-1-3-14-5-2-6-17(13)18(14)15/h1-3,5-6,13,16H,7-12H2,(H,20,21). The Hall–Kier alpha value is -1.83. The highest BCUT2D eigenvalue weighted by Crippen LogP contribution is 2.38. The van der Waals surface area contributed by atoms with E-state index in [4.69, 9.17) is 0 Å². The Kier molecular flexibility index (Phi) is 3.17. The lowest BCUT2D eigenvalue weighted by Crippen LogP contribution is -2.27. The van der Waals surface area contributed by atoms with Gasteiger partial charge in [-0.05, 0) is 66.0 Å². The zero-order valence-electron chi connectivity index (χ0n) is 12.2. The predicted octanol–water partition coefficient (Wildman–Crippen LogP) is 3.59. The molecule has 21 heavy (non-hydrogen) atoms. The number of hydrogen-bond acceptors (Lipinski definition) is 1. The van der Waals surface area contributed by atoms with Crippen LogP contribution in [0.4, 0.5) is 0 Å². The van der Waals surface area contributed by atoms with Crippen molar-refractivity contribution in [3.63, 3.8) is 0 Å². The van der Waals surface area contributed by atoms with Gasteiger partial charge >= 0.3 is 0 Å². The zero-order chi connectivity index (χ0) is 14.2. The molecule has 0 aromatic heterocycles. The van der Waals surface area contributed by atoms with Crippen molar-refractivity contribution in [2.45, 2.75) is 38.0 Å². The maximum absolute atomic E-state index is 11.7. The topological polar surface area (TPSA) is 29.1 Å². The van der Waals surface area contributed by atoms with E-state index >= 15 is 0 Å². The number of amides is 1. The number of aryl methyl sites for hydroxylation is 1. The van der Waals surface area contributed by atoms with Gasteiger partial charge < -0.3 is 5.32 Å². The van der Waals surface area contributed by atoms with E-state index in [1.54, 1.807) is 0 Å². The van der Waals surface area contributed by atoms with Gasteiger partial charge in [0.15, 0.2) is 0 Å². The molecule has 0 heterocycles. The number of nitrogens with one attached hydrogen (secondary N) is 1. The Morgan fingerprint density at radius 1 is 1.24 bits per heavy atom. The molecule has 1 fully saturated rings. The third-order valence-electron chi connectivity index (χ3n) is 4.87. The van der Waals surface area contributed by atoms with Crippen molar-refractivity contribution in [1.82, 2.24) is 5.32 Å². The number of rotatable bonds is 4. The highest BCUT2D eigenvalue weighted by atomic mass is 16.2. The Labute approximate surface area is 125 Å². The van der Waals surface area contributed by atoms with Crippen LogP contribution in [0.5, 0.6) is 0 Å². The van der Waals surface area contributed by atoms with Crippen LogP contribution >= 0.6 is 0 Å². The molecule has 0 saturated heterocycles. The van der Waals surface area contributed by atoms with Gasteiger partial charge in [-0.3, -0.25) is 4.79 Å². The molecule has 1 saturated carbocycles. The fourth-order valence-electron chi connectivity index (χ4n) is 3.55. The van der Waals surface area contributed by atoms with Gasteiger partial charge in [0.2, 0.25) is 5.91 Å². The molecule has 0 aliphatic heterocycles. The first-order chi connectivity index (χ1) is 10.3. The summed E-state index contributed by atoms with van der Waals surface area (Å²) in [4.78, 5) is 11.7. The van der Waals surface area contributed by atoms with Crippen molar-refractivity contribution in [3.8, 4) is 0 Å². The Balaban J connectivity index is 1.52. The van der Waals surface area contributed by atoms with E-state index in [1.807, 2.05) is 6.07 Å². The molecule has 0 bridgehead atoms. The summed E-state index contributed by atoms with van der Waals surface area (Å²) in [5.41, 5.74) is 2.81. The maximum atomic E-state index is 11.7. The lowest BCUT2D eigenvalue weighted by Gasteiger charge is -2.25. The molecule has 2 aromatic rings. The van der Waals surface area contributed by atoms with Gasteiger partial charge in [-0.15, -0.1) is 0 Å². The van der Waals surface area contributed by atoms with E-state index in [2.05, 4.69) is 35.6 Å². The Morgan fingerprint density at radius 2 is 2.14 bits per heavy atom. The molecule has 2 heteroatoms. The third kappa shape index (κ3) is 2.44. The molecule has 107 valence electrons. The molecule has 4 rings (SSSR count). The van der Waals surface area contributed by atoms with Crippen LogP contribution in [0.15, 0.2) is 30.3 Å². The monoisotopic (exact) mass is 278 g/mol. The fourth-order valence-corrected chi connectivity index (χ4v) is 3.55. The fraction of sp³-hybridized carbons (Fsp3) is 0.421. The third-order valence-corrected chi connectivity index (χ3v) is 4.87. The number of benzene rings is 2. The van der Waals surface area contributed by atoms with Gasteiger partial charge in [0.25, 0.3) is 0 Å². The van der Waals surface area contributed by atoms with Gasteiger partial charge in [-0.25, -0.2) is 0 Å². The molecule has 2 nitrogen and oxygen atoms in total. The molecular formula is C19H20NO. The van der Waals surface area contributed by atoms with Gasteiger partial charge in [-0.1, -0.05) is 30.3 Å². The molecule has 2 aliphatic rings. The zero-order valence-corrected chi connectivity index (χ0v) is 12.2. The summed E-state index contributed by atoms with van der Waals surface area (Å²) in [6, 6.07) is 14.2. The first kappa shape index (κ1) is 12.9. The van der Waals surface area contributed by atoms with Crippen LogP contribution in [-0.4, -0.2) is 12.5 Å². The normalized spacial score (nSPS) is 20.5. The lowest BCUT2D eigenvalue weighted by atomic mass is 9.80. The van der Waals surface area contributed by atoms with E-state index in [-0.39, 0.29) is 5.91 Å². The van der Waals surface area contributed by atoms with Gasteiger partial charge in [0.1, 0.15) is 0 Å². The molecule has 0 spiro atoms. The molecule has 1 N–H and O–H groups in total. The SMILES string of the molecule is O=C(NCCC1CCc2[c]ccc3cccc1c23)C1CC1. The summed E-state index contributed by atoms with van der Waals surface area (Å²) in [5.74, 6) is 1.14. The van der Waals surface area contributed by atoms with Crippen LogP contribution in [0.25, 0.3) is 10.8 Å². The van der Waals surface area contributed by atoms with Crippen molar-refractivity contribution < 1.29 is 4.79 Å². The van der Waals surface area contributed by atoms with Gasteiger partial charge in [-0.2, -0.15) is 0 Å². The van der Waals surface area contributed by atoms with E-state index in [9.17, 15) is 4.79 Å². The minimum Gasteiger partial charge on any atom is -0.356 e. The Bertz CT molecular complexity index is 682. The van der Waals surface area contributed by atoms with E-state index in [0.29, 0.717) is 11.8 Å². The van der Waals surface area contributed by atoms with Crippen molar-refractivity contribution in [2.75, 3.05) is 6.54 Å². The van der Waals surface area contributed by atoms with Crippen molar-refractivity contribution in [1.29, 1.82) is 0 Å². The van der Waals surface area contributed by atoms with E-state index in [1.165, 1.54) is 28.3 Å². The van der Waals surface area contributed by atoms with Crippen LogP contribution in [0.2, 0.25) is 0 Å². The van der Waals surface area contributed by atoms with Gasteiger partial charge in [0.05, 0.1) is 0 Å². The molecule has 1 unspecified atom stereocenters. The van der Waals surface area contributed by atoms with Crippen LogP contribution in [0.3, 0.4) is 0 Å². The van der Waals surface area contributed by atoms with Crippen molar-refractivity contribution in [3.05, 3.63) is 47.5 Å². The van der Waals surface area contributed by atoms with Crippen molar-refractivity contribution >= 4 is 16.7 Å². The highest BCUT2D eigenvalue weighted by molar-refractivity contribution is 5.90. The highest BCUT2D eigenvalue weighted by Gasteiger charge is 2.29. The largest absolute Gasteiger partial charge is 0.356 e. The minimum atomic E-state index is 0.262. The average Bonchev–Trinajstić information content (AvgIpc) is 3.35. The summed E-state index contributed by atoms with van der Waals surface area (Å²) in [5, 5.41) is 5.84. The smallest absolute Gasteiger partial charge is 0.223 e. The molecular weight excluding hydrogens is 258 g/mol. The van der Waals surface area contributed by atoms with Crippen molar-refractivity contribution in [2.24, 2.45) is 5.92 Å². The summed E-state index contributed by atoms with van der Waals surface area (Å²) in [7, 11) is 0. The first-order valence-electron chi connectivity index (χ1n) is 8.03. The maximum Gasteiger partial charge on any atom is 0.223 e.